The zero-order chi connectivity index (χ0) is 13.4. The third kappa shape index (κ3) is 4.27. The smallest absolute Gasteiger partial charge is 0.303 e. The number of carbonyl (C=O) groups excluding carboxylic acids is 1. The molecule has 1 amide bonds. The number of rotatable bonds is 7. The van der Waals surface area contributed by atoms with Crippen molar-refractivity contribution >= 4 is 11.9 Å². The van der Waals surface area contributed by atoms with Crippen LogP contribution < -0.4 is 11.1 Å². The van der Waals surface area contributed by atoms with Crippen LogP contribution in [-0.4, -0.2) is 43.3 Å². The summed E-state index contributed by atoms with van der Waals surface area (Å²) in [6.45, 7) is 1.99. The molecule has 1 saturated heterocycles. The van der Waals surface area contributed by atoms with Crippen LogP contribution >= 0.6 is 0 Å². The highest BCUT2D eigenvalue weighted by Crippen LogP contribution is 2.29. The molecule has 104 valence electrons. The van der Waals surface area contributed by atoms with Gasteiger partial charge >= 0.3 is 5.97 Å². The Morgan fingerprint density at radius 1 is 1.28 bits per heavy atom. The van der Waals surface area contributed by atoms with E-state index in [1.54, 1.807) is 0 Å². The van der Waals surface area contributed by atoms with Gasteiger partial charge < -0.3 is 20.9 Å². The van der Waals surface area contributed by atoms with Crippen molar-refractivity contribution < 1.29 is 19.4 Å². The Balaban J connectivity index is 2.27. The van der Waals surface area contributed by atoms with E-state index in [4.69, 9.17) is 15.6 Å². The van der Waals surface area contributed by atoms with Gasteiger partial charge in [-0.15, -0.1) is 0 Å². The highest BCUT2D eigenvalue weighted by molar-refractivity contribution is 5.83. The Labute approximate surface area is 107 Å². The fraction of sp³-hybridized carbons (Fsp3) is 0.833. The molecule has 0 aliphatic carbocycles. The van der Waals surface area contributed by atoms with Gasteiger partial charge in [0.2, 0.25) is 5.91 Å². The molecular weight excluding hydrogens is 236 g/mol. The molecule has 1 heterocycles. The molecule has 0 aromatic heterocycles. The quantitative estimate of drug-likeness (QED) is 0.563. The van der Waals surface area contributed by atoms with Crippen molar-refractivity contribution in [3.8, 4) is 0 Å². The minimum absolute atomic E-state index is 0.0244. The summed E-state index contributed by atoms with van der Waals surface area (Å²) in [5.41, 5.74) is 5.22. The molecule has 6 heteroatoms. The summed E-state index contributed by atoms with van der Waals surface area (Å²) in [6.07, 6.45) is 2.71. The lowest BCUT2D eigenvalue weighted by Gasteiger charge is -2.34. The maximum atomic E-state index is 12.1. The molecule has 0 atom stereocenters. The number of carbonyl (C=O) groups is 2. The van der Waals surface area contributed by atoms with Gasteiger partial charge in [0.15, 0.2) is 0 Å². The van der Waals surface area contributed by atoms with Gasteiger partial charge in [0.05, 0.1) is 5.41 Å². The van der Waals surface area contributed by atoms with Gasteiger partial charge in [0.1, 0.15) is 0 Å². The van der Waals surface area contributed by atoms with E-state index < -0.39 is 11.4 Å². The summed E-state index contributed by atoms with van der Waals surface area (Å²) >= 11 is 0. The van der Waals surface area contributed by atoms with Crippen molar-refractivity contribution in [3.05, 3.63) is 0 Å². The molecule has 0 saturated carbocycles. The monoisotopic (exact) mass is 258 g/mol. The lowest BCUT2D eigenvalue weighted by atomic mass is 9.79. The van der Waals surface area contributed by atoms with Gasteiger partial charge in [-0.1, -0.05) is 0 Å². The number of amides is 1. The van der Waals surface area contributed by atoms with Crippen LogP contribution in [0.4, 0.5) is 0 Å². The Bertz CT molecular complexity index is 288. The van der Waals surface area contributed by atoms with Gasteiger partial charge in [-0.3, -0.25) is 9.59 Å². The first kappa shape index (κ1) is 14.9. The van der Waals surface area contributed by atoms with E-state index in [0.29, 0.717) is 52.0 Å². The maximum Gasteiger partial charge on any atom is 0.303 e. The van der Waals surface area contributed by atoms with E-state index in [0.717, 1.165) is 0 Å². The summed E-state index contributed by atoms with van der Waals surface area (Å²) in [6, 6.07) is 0. The van der Waals surface area contributed by atoms with Crippen LogP contribution in [0, 0.1) is 5.41 Å². The molecule has 4 N–H and O–H groups in total. The highest BCUT2D eigenvalue weighted by Gasteiger charge is 2.38. The van der Waals surface area contributed by atoms with Crippen LogP contribution in [0.15, 0.2) is 0 Å². The first-order valence-corrected chi connectivity index (χ1v) is 6.39. The number of aliphatic carboxylic acids is 1. The van der Waals surface area contributed by atoms with Crippen molar-refractivity contribution in [2.24, 2.45) is 11.1 Å². The molecule has 0 spiro atoms. The summed E-state index contributed by atoms with van der Waals surface area (Å²) in [5.74, 6) is -0.826. The fourth-order valence-corrected chi connectivity index (χ4v) is 2.08. The molecule has 0 unspecified atom stereocenters. The third-order valence-corrected chi connectivity index (χ3v) is 3.43. The lowest BCUT2D eigenvalue weighted by Crippen LogP contribution is -2.49. The molecule has 6 nitrogen and oxygen atoms in total. The molecule has 1 rings (SSSR count). The average Bonchev–Trinajstić information content (AvgIpc) is 2.38. The molecule has 18 heavy (non-hydrogen) atoms. The Hall–Kier alpha value is -1.14. The molecule has 1 aliphatic rings. The largest absolute Gasteiger partial charge is 0.481 e. The molecular formula is C12H22N2O4. The normalized spacial score (nSPS) is 18.3. The predicted octanol–water partition coefficient (Wildman–Crippen LogP) is 0.113. The Morgan fingerprint density at radius 3 is 2.50 bits per heavy atom. The maximum absolute atomic E-state index is 12.1. The fourth-order valence-electron chi connectivity index (χ4n) is 2.08. The second kappa shape index (κ2) is 7.33. The number of hydrogen-bond donors (Lipinski definition) is 3. The van der Waals surface area contributed by atoms with E-state index >= 15 is 0 Å². The summed E-state index contributed by atoms with van der Waals surface area (Å²) in [5, 5.41) is 11.3. The highest BCUT2D eigenvalue weighted by atomic mass is 16.5. The minimum atomic E-state index is -0.802. The van der Waals surface area contributed by atoms with E-state index in [-0.39, 0.29) is 12.3 Å². The van der Waals surface area contributed by atoms with Gasteiger partial charge in [-0.2, -0.15) is 0 Å². The van der Waals surface area contributed by atoms with Crippen molar-refractivity contribution in [3.63, 3.8) is 0 Å². The standard InChI is InChI=1S/C12H22N2O4/c13-9-12(4-7-18-8-5-12)11(17)14-6-2-1-3-10(15)16/h1-9,13H2,(H,14,17)(H,15,16). The van der Waals surface area contributed by atoms with Crippen molar-refractivity contribution in [2.45, 2.75) is 32.1 Å². The Morgan fingerprint density at radius 2 is 1.94 bits per heavy atom. The van der Waals surface area contributed by atoms with Crippen LogP contribution in [0.5, 0.6) is 0 Å². The van der Waals surface area contributed by atoms with Gasteiger partial charge in [0, 0.05) is 32.7 Å². The average molecular weight is 258 g/mol. The van der Waals surface area contributed by atoms with Crippen molar-refractivity contribution in [2.75, 3.05) is 26.3 Å². The van der Waals surface area contributed by atoms with Crippen molar-refractivity contribution in [1.29, 1.82) is 0 Å². The van der Waals surface area contributed by atoms with Crippen LogP contribution in [0.3, 0.4) is 0 Å². The first-order chi connectivity index (χ1) is 8.60. The Kier molecular flexibility index (Phi) is 6.07. The number of carboxylic acids is 1. The third-order valence-electron chi connectivity index (χ3n) is 3.43. The number of hydrogen-bond acceptors (Lipinski definition) is 4. The summed E-state index contributed by atoms with van der Waals surface area (Å²) < 4.78 is 5.25. The van der Waals surface area contributed by atoms with E-state index in [9.17, 15) is 9.59 Å². The van der Waals surface area contributed by atoms with E-state index in [1.165, 1.54) is 0 Å². The second-order valence-electron chi connectivity index (χ2n) is 4.70. The zero-order valence-corrected chi connectivity index (χ0v) is 10.6. The number of nitrogens with one attached hydrogen (secondary N) is 1. The number of ether oxygens (including phenoxy) is 1. The molecule has 1 fully saturated rings. The predicted molar refractivity (Wildman–Crippen MR) is 66.0 cm³/mol. The van der Waals surface area contributed by atoms with Crippen LogP contribution in [0.25, 0.3) is 0 Å². The zero-order valence-electron chi connectivity index (χ0n) is 10.6. The van der Waals surface area contributed by atoms with Gasteiger partial charge in [0.25, 0.3) is 0 Å². The first-order valence-electron chi connectivity index (χ1n) is 6.39. The number of carboxylic acid groups (broad SMARTS) is 1. The molecule has 0 aromatic rings. The van der Waals surface area contributed by atoms with Crippen LogP contribution in [0.1, 0.15) is 32.1 Å². The summed E-state index contributed by atoms with van der Waals surface area (Å²) in [4.78, 5) is 22.4. The number of unbranched alkanes of at least 4 members (excludes halogenated alkanes) is 1. The molecule has 0 bridgehead atoms. The van der Waals surface area contributed by atoms with Crippen molar-refractivity contribution in [1.82, 2.24) is 5.32 Å². The van der Waals surface area contributed by atoms with E-state index in [1.807, 2.05) is 0 Å². The second-order valence-corrected chi connectivity index (χ2v) is 4.70. The number of nitrogens with two attached hydrogens (primary N) is 1. The van der Waals surface area contributed by atoms with E-state index in [2.05, 4.69) is 5.32 Å². The SMILES string of the molecule is NCC1(C(=O)NCCCCC(=O)O)CCOCC1. The molecule has 0 radical (unpaired) electrons. The minimum Gasteiger partial charge on any atom is -0.481 e. The molecule has 1 aliphatic heterocycles. The molecule has 0 aromatic carbocycles. The summed E-state index contributed by atoms with van der Waals surface area (Å²) in [7, 11) is 0. The van der Waals surface area contributed by atoms with Crippen LogP contribution in [-0.2, 0) is 14.3 Å². The lowest BCUT2D eigenvalue weighted by molar-refractivity contribution is -0.137. The van der Waals surface area contributed by atoms with Crippen LogP contribution in [0.2, 0.25) is 0 Å². The van der Waals surface area contributed by atoms with Gasteiger partial charge in [-0.25, -0.2) is 0 Å². The topological polar surface area (TPSA) is 102 Å². The van der Waals surface area contributed by atoms with Gasteiger partial charge in [-0.05, 0) is 25.7 Å².